The molecule has 0 unspecified atom stereocenters. The zero-order valence-electron chi connectivity index (χ0n) is 14.4. The van der Waals surface area contributed by atoms with Gasteiger partial charge in [-0.1, -0.05) is 13.8 Å². The van der Waals surface area contributed by atoms with E-state index >= 15 is 0 Å². The molecule has 0 bridgehead atoms. The number of carbonyl (C=O) groups excluding carboxylic acids is 2. The Bertz CT molecular complexity index is 668. The maximum Gasteiger partial charge on any atom is 0.338 e. The Hall–Kier alpha value is -1.86. The van der Waals surface area contributed by atoms with Crippen molar-refractivity contribution in [2.45, 2.75) is 43.4 Å². The summed E-state index contributed by atoms with van der Waals surface area (Å²) in [5.41, 5.74) is 3.30. The standard InChI is InChI=1S/C18H22N2O3S2/c1-3-14(4-2)20-17(21)9-23-18(22)13-5-7-16(8-6-13)25-11-15-10-24-12-19-15/h5-8,10,12,14H,3-4,9,11H2,1-2H3,(H,20,21). The molecule has 1 heterocycles. The molecule has 1 amide bonds. The van der Waals surface area contributed by atoms with E-state index in [0.29, 0.717) is 5.56 Å². The third kappa shape index (κ3) is 6.51. The highest BCUT2D eigenvalue weighted by atomic mass is 32.2. The van der Waals surface area contributed by atoms with Gasteiger partial charge in [-0.15, -0.1) is 23.1 Å². The number of hydrogen-bond donors (Lipinski definition) is 1. The van der Waals surface area contributed by atoms with Gasteiger partial charge in [-0.3, -0.25) is 4.79 Å². The fourth-order valence-corrected chi connectivity index (χ4v) is 3.59. The Balaban J connectivity index is 1.78. The monoisotopic (exact) mass is 378 g/mol. The molecule has 0 aliphatic carbocycles. The number of thioether (sulfide) groups is 1. The van der Waals surface area contributed by atoms with Gasteiger partial charge in [0.2, 0.25) is 0 Å². The first-order chi connectivity index (χ1) is 12.1. The summed E-state index contributed by atoms with van der Waals surface area (Å²) in [4.78, 5) is 29.1. The Labute approximate surface area is 156 Å². The van der Waals surface area contributed by atoms with E-state index < -0.39 is 5.97 Å². The molecule has 2 rings (SSSR count). The van der Waals surface area contributed by atoms with Crippen molar-refractivity contribution in [3.63, 3.8) is 0 Å². The smallest absolute Gasteiger partial charge is 0.338 e. The van der Waals surface area contributed by atoms with Crippen LogP contribution in [0.5, 0.6) is 0 Å². The number of benzene rings is 1. The van der Waals surface area contributed by atoms with Crippen LogP contribution in [-0.4, -0.2) is 29.5 Å². The molecule has 0 saturated carbocycles. The lowest BCUT2D eigenvalue weighted by Crippen LogP contribution is -2.36. The molecule has 1 N–H and O–H groups in total. The van der Waals surface area contributed by atoms with Crippen molar-refractivity contribution in [1.82, 2.24) is 10.3 Å². The van der Waals surface area contributed by atoms with Crippen LogP contribution in [0.2, 0.25) is 0 Å². The minimum absolute atomic E-state index is 0.125. The maximum absolute atomic E-state index is 12.0. The van der Waals surface area contributed by atoms with Gasteiger partial charge in [-0.05, 0) is 37.1 Å². The maximum atomic E-state index is 12.0. The highest BCUT2D eigenvalue weighted by molar-refractivity contribution is 7.98. The van der Waals surface area contributed by atoms with Crippen LogP contribution in [0, 0.1) is 0 Å². The molecule has 0 aliphatic heterocycles. The zero-order chi connectivity index (χ0) is 18.1. The van der Waals surface area contributed by atoms with E-state index in [1.807, 2.05) is 36.9 Å². The second kappa shape index (κ2) is 10.2. The first-order valence-corrected chi connectivity index (χ1v) is 10.1. The van der Waals surface area contributed by atoms with Gasteiger partial charge in [0, 0.05) is 22.1 Å². The van der Waals surface area contributed by atoms with E-state index in [9.17, 15) is 9.59 Å². The fraction of sp³-hybridized carbons (Fsp3) is 0.389. The van der Waals surface area contributed by atoms with Crippen LogP contribution in [0.15, 0.2) is 40.1 Å². The molecular formula is C18H22N2O3S2. The van der Waals surface area contributed by atoms with Crippen molar-refractivity contribution in [3.05, 3.63) is 46.4 Å². The van der Waals surface area contributed by atoms with Crippen molar-refractivity contribution in [3.8, 4) is 0 Å². The SMILES string of the molecule is CCC(CC)NC(=O)COC(=O)c1ccc(SCc2cscn2)cc1. The lowest BCUT2D eigenvalue weighted by atomic mass is 10.2. The highest BCUT2D eigenvalue weighted by Crippen LogP contribution is 2.23. The first kappa shape index (κ1) is 19.5. The number of esters is 1. The van der Waals surface area contributed by atoms with Gasteiger partial charge < -0.3 is 10.1 Å². The van der Waals surface area contributed by atoms with Crippen molar-refractivity contribution >= 4 is 35.0 Å². The number of aromatic nitrogens is 1. The first-order valence-electron chi connectivity index (χ1n) is 8.18. The topological polar surface area (TPSA) is 68.3 Å². The molecule has 5 nitrogen and oxygen atoms in total. The van der Waals surface area contributed by atoms with Crippen LogP contribution in [-0.2, 0) is 15.3 Å². The molecular weight excluding hydrogens is 356 g/mol. The van der Waals surface area contributed by atoms with Gasteiger partial charge in [0.05, 0.1) is 16.8 Å². The van der Waals surface area contributed by atoms with E-state index in [0.717, 1.165) is 29.2 Å². The van der Waals surface area contributed by atoms with Crippen molar-refractivity contribution in [1.29, 1.82) is 0 Å². The molecule has 1 aromatic carbocycles. The van der Waals surface area contributed by atoms with Crippen molar-refractivity contribution in [2.24, 2.45) is 0 Å². The predicted molar refractivity (Wildman–Crippen MR) is 101 cm³/mol. The van der Waals surface area contributed by atoms with Gasteiger partial charge in [0.1, 0.15) is 0 Å². The Kier molecular flexibility index (Phi) is 7.94. The summed E-state index contributed by atoms with van der Waals surface area (Å²) in [6, 6.07) is 7.30. The van der Waals surface area contributed by atoms with Gasteiger partial charge >= 0.3 is 5.97 Å². The van der Waals surface area contributed by atoms with E-state index in [2.05, 4.69) is 10.3 Å². The summed E-state index contributed by atoms with van der Waals surface area (Å²) in [6.45, 7) is 3.76. The molecule has 0 aliphatic rings. The number of rotatable bonds is 9. The lowest BCUT2D eigenvalue weighted by Gasteiger charge is -2.14. The Morgan fingerprint density at radius 3 is 2.56 bits per heavy atom. The van der Waals surface area contributed by atoms with Crippen LogP contribution in [0.25, 0.3) is 0 Å². The number of thiazole rings is 1. The third-order valence-corrected chi connectivity index (χ3v) is 5.33. The highest BCUT2D eigenvalue weighted by Gasteiger charge is 2.12. The number of nitrogens with one attached hydrogen (secondary N) is 1. The van der Waals surface area contributed by atoms with Gasteiger partial charge in [0.25, 0.3) is 5.91 Å². The van der Waals surface area contributed by atoms with E-state index in [-0.39, 0.29) is 18.6 Å². The molecule has 25 heavy (non-hydrogen) atoms. The zero-order valence-corrected chi connectivity index (χ0v) is 16.0. The summed E-state index contributed by atoms with van der Waals surface area (Å²) in [5, 5.41) is 4.86. The number of carbonyl (C=O) groups is 2. The summed E-state index contributed by atoms with van der Waals surface area (Å²) in [6.07, 6.45) is 1.71. The van der Waals surface area contributed by atoms with Crippen LogP contribution >= 0.6 is 23.1 Å². The van der Waals surface area contributed by atoms with Crippen LogP contribution in [0.1, 0.15) is 42.7 Å². The molecule has 0 saturated heterocycles. The average Bonchev–Trinajstić information content (AvgIpc) is 3.16. The van der Waals surface area contributed by atoms with Crippen molar-refractivity contribution in [2.75, 3.05) is 6.61 Å². The van der Waals surface area contributed by atoms with Gasteiger partial charge in [-0.25, -0.2) is 9.78 Å². The largest absolute Gasteiger partial charge is 0.452 e. The summed E-state index contributed by atoms with van der Waals surface area (Å²) >= 11 is 3.23. The molecule has 134 valence electrons. The molecule has 0 fully saturated rings. The molecule has 7 heteroatoms. The number of amides is 1. The van der Waals surface area contributed by atoms with E-state index in [1.54, 1.807) is 35.2 Å². The number of hydrogen-bond acceptors (Lipinski definition) is 6. The molecule has 0 radical (unpaired) electrons. The van der Waals surface area contributed by atoms with Gasteiger partial charge in [0.15, 0.2) is 6.61 Å². The normalized spacial score (nSPS) is 10.7. The summed E-state index contributed by atoms with van der Waals surface area (Å²) < 4.78 is 5.07. The van der Waals surface area contributed by atoms with Crippen molar-refractivity contribution < 1.29 is 14.3 Å². The minimum atomic E-state index is -0.490. The number of nitrogens with zero attached hydrogens (tertiary/aromatic N) is 1. The van der Waals surface area contributed by atoms with Crippen LogP contribution in [0.3, 0.4) is 0 Å². The molecule has 0 atom stereocenters. The fourth-order valence-electron chi connectivity index (χ4n) is 2.13. The second-order valence-corrected chi connectivity index (χ2v) is 7.22. The van der Waals surface area contributed by atoms with Gasteiger partial charge in [-0.2, -0.15) is 0 Å². The predicted octanol–water partition coefficient (Wildman–Crippen LogP) is 3.90. The minimum Gasteiger partial charge on any atom is -0.452 e. The second-order valence-electron chi connectivity index (χ2n) is 5.45. The lowest BCUT2D eigenvalue weighted by molar-refractivity contribution is -0.125. The third-order valence-electron chi connectivity index (χ3n) is 3.65. The van der Waals surface area contributed by atoms with Crippen LogP contribution < -0.4 is 5.32 Å². The van der Waals surface area contributed by atoms with Crippen LogP contribution in [0.4, 0.5) is 0 Å². The Morgan fingerprint density at radius 1 is 1.24 bits per heavy atom. The molecule has 2 aromatic rings. The van der Waals surface area contributed by atoms with E-state index in [1.165, 1.54) is 0 Å². The molecule has 1 aromatic heterocycles. The summed E-state index contributed by atoms with van der Waals surface area (Å²) in [7, 11) is 0. The number of ether oxygens (including phenoxy) is 1. The summed E-state index contributed by atoms with van der Waals surface area (Å²) in [5.74, 6) is 0.0389. The Morgan fingerprint density at radius 2 is 1.96 bits per heavy atom. The van der Waals surface area contributed by atoms with E-state index in [4.69, 9.17) is 4.74 Å². The molecule has 0 spiro atoms. The average molecular weight is 379 g/mol. The quantitative estimate of drug-likeness (QED) is 0.529.